The van der Waals surface area contributed by atoms with E-state index in [2.05, 4.69) is 13.8 Å². The number of carbonyl (C=O) groups is 3. The van der Waals surface area contributed by atoms with Gasteiger partial charge in [-0.15, -0.1) is 0 Å². The first-order valence-electron chi connectivity index (χ1n) is 15.2. The molecule has 2 aromatic carbocycles. The Morgan fingerprint density at radius 3 is 1.98 bits per heavy atom. The summed E-state index contributed by atoms with van der Waals surface area (Å²) in [5.41, 5.74) is 0.945. The van der Waals surface area contributed by atoms with Crippen molar-refractivity contribution in [1.82, 2.24) is 0 Å². The molecule has 0 radical (unpaired) electrons. The molecule has 6 rings (SSSR count). The van der Waals surface area contributed by atoms with Gasteiger partial charge in [0.2, 0.25) is 0 Å². The Bertz CT molecular complexity index is 1260. The lowest BCUT2D eigenvalue weighted by molar-refractivity contribution is -0.175. The number of hydrogen-bond acceptors (Lipinski definition) is 5. The largest absolute Gasteiger partial charge is 0.459 e. The van der Waals surface area contributed by atoms with Crippen molar-refractivity contribution < 1.29 is 23.9 Å². The highest BCUT2D eigenvalue weighted by atomic mass is 16.5. The van der Waals surface area contributed by atoms with Crippen LogP contribution in [0.25, 0.3) is 0 Å². The molecule has 0 spiro atoms. The third-order valence-corrected chi connectivity index (χ3v) is 11.7. The van der Waals surface area contributed by atoms with Gasteiger partial charge in [0.1, 0.15) is 18.0 Å². The van der Waals surface area contributed by atoms with Crippen molar-refractivity contribution in [3.05, 3.63) is 71.8 Å². The molecule has 0 saturated heterocycles. The van der Waals surface area contributed by atoms with Gasteiger partial charge in [-0.2, -0.15) is 0 Å². The Labute approximate surface area is 238 Å². The first-order valence-corrected chi connectivity index (χ1v) is 15.2. The minimum atomic E-state index is -0.330. The molecular formula is C35H42O5. The fourth-order valence-corrected chi connectivity index (χ4v) is 9.66. The second-order valence-corrected chi connectivity index (χ2v) is 13.4. The summed E-state index contributed by atoms with van der Waals surface area (Å²) in [6.45, 7) is 6.40. The molecule has 4 aliphatic rings. The molecule has 4 aliphatic carbocycles. The summed E-state index contributed by atoms with van der Waals surface area (Å²) >= 11 is 0. The minimum absolute atomic E-state index is 0.0588. The van der Waals surface area contributed by atoms with E-state index in [1.165, 1.54) is 0 Å². The van der Waals surface area contributed by atoms with Crippen LogP contribution in [0.4, 0.5) is 0 Å². The van der Waals surface area contributed by atoms with Crippen LogP contribution in [0.15, 0.2) is 60.7 Å². The zero-order valence-corrected chi connectivity index (χ0v) is 24.0. The van der Waals surface area contributed by atoms with Crippen molar-refractivity contribution >= 4 is 17.7 Å². The normalized spacial score (nSPS) is 38.3. The van der Waals surface area contributed by atoms with Gasteiger partial charge in [0.15, 0.2) is 0 Å². The van der Waals surface area contributed by atoms with Gasteiger partial charge < -0.3 is 9.47 Å². The lowest BCUT2D eigenvalue weighted by Crippen LogP contribution is -2.59. The van der Waals surface area contributed by atoms with E-state index < -0.39 is 0 Å². The maximum absolute atomic E-state index is 13.3. The molecule has 5 heteroatoms. The van der Waals surface area contributed by atoms with Gasteiger partial charge in [0.05, 0.1) is 11.1 Å². The van der Waals surface area contributed by atoms with Crippen LogP contribution < -0.4 is 0 Å². The Balaban J connectivity index is 1.24. The van der Waals surface area contributed by atoms with Crippen LogP contribution in [0, 0.1) is 40.4 Å². The molecule has 4 saturated carbocycles. The number of carbonyl (C=O) groups excluding carboxylic acids is 3. The van der Waals surface area contributed by atoms with Gasteiger partial charge in [-0.1, -0.05) is 50.2 Å². The average Bonchev–Trinajstić information content (AvgIpc) is 3.33. The van der Waals surface area contributed by atoms with E-state index in [1.54, 1.807) is 19.1 Å². The van der Waals surface area contributed by atoms with Crippen LogP contribution in [0.3, 0.4) is 0 Å². The highest BCUT2D eigenvalue weighted by Crippen LogP contribution is 2.68. The standard InChI is InChI=1S/C35H42O5/c1-22(36)28-16-17-29-27-15-14-25-20-26(39-32(37)23-10-6-4-7-11-23)18-19-34(25,2)30(27)21-31(35(28,29)3)40-33(38)24-12-8-5-9-13-24/h4-13,25-31H,14-21H2,1-3H3/t25-,26-,27+,28-,29+,30+,31+,34-,35-/m0/s1. The van der Waals surface area contributed by atoms with E-state index in [0.717, 1.165) is 51.4 Å². The van der Waals surface area contributed by atoms with E-state index in [0.29, 0.717) is 34.8 Å². The second kappa shape index (κ2) is 10.5. The summed E-state index contributed by atoms with van der Waals surface area (Å²) in [5, 5.41) is 0. The number of esters is 2. The first-order chi connectivity index (χ1) is 19.2. The van der Waals surface area contributed by atoms with E-state index >= 15 is 0 Å². The van der Waals surface area contributed by atoms with Crippen LogP contribution in [0.5, 0.6) is 0 Å². The third-order valence-electron chi connectivity index (χ3n) is 11.7. The van der Waals surface area contributed by atoms with E-state index in [4.69, 9.17) is 9.47 Å². The number of benzene rings is 2. The number of fused-ring (bicyclic) bond motifs is 5. The monoisotopic (exact) mass is 542 g/mol. The molecule has 0 heterocycles. The van der Waals surface area contributed by atoms with Crippen molar-refractivity contribution in [2.75, 3.05) is 0 Å². The molecule has 0 unspecified atom stereocenters. The molecule has 212 valence electrons. The van der Waals surface area contributed by atoms with Crippen LogP contribution in [0.2, 0.25) is 0 Å². The molecule has 0 bridgehead atoms. The van der Waals surface area contributed by atoms with Crippen LogP contribution in [-0.4, -0.2) is 29.9 Å². The molecule has 40 heavy (non-hydrogen) atoms. The van der Waals surface area contributed by atoms with Crippen LogP contribution >= 0.6 is 0 Å². The topological polar surface area (TPSA) is 69.7 Å². The molecule has 0 amide bonds. The van der Waals surface area contributed by atoms with E-state index in [9.17, 15) is 14.4 Å². The third kappa shape index (κ3) is 4.50. The zero-order chi connectivity index (χ0) is 28.1. The Morgan fingerprint density at radius 1 is 0.725 bits per heavy atom. The second-order valence-electron chi connectivity index (χ2n) is 13.4. The molecule has 4 fully saturated rings. The van der Waals surface area contributed by atoms with Gasteiger partial charge in [0, 0.05) is 11.3 Å². The van der Waals surface area contributed by atoms with Crippen LogP contribution in [0.1, 0.15) is 92.9 Å². The van der Waals surface area contributed by atoms with Gasteiger partial charge in [0.25, 0.3) is 0 Å². The summed E-state index contributed by atoms with van der Waals surface area (Å²) in [4.78, 5) is 39.0. The van der Waals surface area contributed by atoms with Crippen molar-refractivity contribution in [3.63, 3.8) is 0 Å². The number of Topliss-reactive ketones (excluding diaryl/α,β-unsaturated/α-hetero) is 1. The minimum Gasteiger partial charge on any atom is -0.459 e. The smallest absolute Gasteiger partial charge is 0.338 e. The van der Waals surface area contributed by atoms with Crippen molar-refractivity contribution in [2.24, 2.45) is 40.4 Å². The first kappa shape index (κ1) is 27.2. The van der Waals surface area contributed by atoms with Crippen molar-refractivity contribution in [3.8, 4) is 0 Å². The van der Waals surface area contributed by atoms with Gasteiger partial charge in [-0.25, -0.2) is 9.59 Å². The Hall–Kier alpha value is -2.95. The Morgan fingerprint density at radius 2 is 1.35 bits per heavy atom. The molecular weight excluding hydrogens is 500 g/mol. The predicted octanol–water partition coefficient (Wildman–Crippen LogP) is 7.30. The quantitative estimate of drug-likeness (QED) is 0.371. The number of rotatable bonds is 5. The zero-order valence-electron chi connectivity index (χ0n) is 24.0. The van der Waals surface area contributed by atoms with E-state index in [-0.39, 0.29) is 46.7 Å². The molecule has 0 aromatic heterocycles. The lowest BCUT2D eigenvalue weighted by Gasteiger charge is -2.62. The maximum Gasteiger partial charge on any atom is 0.338 e. The van der Waals surface area contributed by atoms with Crippen molar-refractivity contribution in [1.29, 1.82) is 0 Å². The summed E-state index contributed by atoms with van der Waals surface area (Å²) in [6.07, 6.45) is 7.40. The molecule has 5 nitrogen and oxygen atoms in total. The molecule has 9 atom stereocenters. The maximum atomic E-state index is 13.3. The predicted molar refractivity (Wildman–Crippen MR) is 153 cm³/mol. The fraction of sp³-hybridized carbons (Fsp3) is 0.571. The highest BCUT2D eigenvalue weighted by Gasteiger charge is 2.65. The summed E-state index contributed by atoms with van der Waals surface area (Å²) < 4.78 is 12.4. The van der Waals surface area contributed by atoms with Gasteiger partial charge in [-0.05, 0) is 112 Å². The fourth-order valence-electron chi connectivity index (χ4n) is 9.66. The average molecular weight is 543 g/mol. The Kier molecular flexibility index (Phi) is 7.13. The van der Waals surface area contributed by atoms with Crippen LogP contribution in [-0.2, 0) is 14.3 Å². The summed E-state index contributed by atoms with van der Waals surface area (Å²) in [7, 11) is 0. The SMILES string of the molecule is CC(=O)[C@@H]1CC[C@@H]2[C@H]3CC[C@H]4C[C@@H](OC(=O)c5ccccc5)CC[C@]4(C)[C@@H]3C[C@@H](OC(=O)c3ccccc3)[C@]21C. The lowest BCUT2D eigenvalue weighted by atomic mass is 9.44. The molecule has 2 aromatic rings. The van der Waals surface area contributed by atoms with Crippen molar-refractivity contribution in [2.45, 2.75) is 84.3 Å². The highest BCUT2D eigenvalue weighted by molar-refractivity contribution is 5.90. The summed E-state index contributed by atoms with van der Waals surface area (Å²) in [5.74, 6) is 1.45. The molecule has 0 N–H and O–H groups in total. The van der Waals surface area contributed by atoms with Gasteiger partial charge in [-0.3, -0.25) is 4.79 Å². The van der Waals surface area contributed by atoms with E-state index in [1.807, 2.05) is 48.5 Å². The number of hydrogen-bond donors (Lipinski definition) is 0. The number of ether oxygens (including phenoxy) is 2. The summed E-state index contributed by atoms with van der Waals surface area (Å²) in [6, 6.07) is 18.5. The van der Waals surface area contributed by atoms with Gasteiger partial charge >= 0.3 is 11.9 Å². The molecule has 0 aliphatic heterocycles. The number of ketones is 1.